The first kappa shape index (κ1) is 13.9. The zero-order chi connectivity index (χ0) is 13.5. The molecule has 0 saturated heterocycles. The van der Waals surface area contributed by atoms with Crippen LogP contribution in [0.1, 0.15) is 62.5 Å². The van der Waals surface area contributed by atoms with Gasteiger partial charge in [-0.25, -0.2) is 0 Å². The first-order valence-corrected chi connectivity index (χ1v) is 7.50. The molecule has 0 spiro atoms. The Hall–Kier alpha value is -1.55. The number of benzene rings is 1. The van der Waals surface area contributed by atoms with Gasteiger partial charge in [-0.05, 0) is 61.6 Å². The number of rotatable bonds is 4. The monoisotopic (exact) mass is 253 g/mol. The largest absolute Gasteiger partial charge is 0.192 e. The Morgan fingerprint density at radius 1 is 1.16 bits per heavy atom. The fourth-order valence-electron chi connectivity index (χ4n) is 2.93. The minimum Gasteiger partial charge on any atom is -0.192 e. The van der Waals surface area contributed by atoms with Crippen LogP contribution >= 0.6 is 0 Å². The van der Waals surface area contributed by atoms with Crippen LogP contribution in [-0.2, 0) is 0 Å². The molecule has 0 unspecified atom stereocenters. The van der Waals surface area contributed by atoms with Gasteiger partial charge in [0.05, 0.1) is 11.6 Å². The molecule has 19 heavy (non-hydrogen) atoms. The van der Waals surface area contributed by atoms with E-state index in [9.17, 15) is 0 Å². The van der Waals surface area contributed by atoms with Crippen LogP contribution in [0.2, 0.25) is 0 Å². The Bertz CT molecular complexity index is 442. The van der Waals surface area contributed by atoms with Gasteiger partial charge in [0.2, 0.25) is 0 Å². The molecule has 2 rings (SSSR count). The second-order valence-corrected chi connectivity index (χ2v) is 5.56. The molecule has 0 bridgehead atoms. The van der Waals surface area contributed by atoms with Crippen molar-refractivity contribution in [1.29, 1.82) is 5.26 Å². The van der Waals surface area contributed by atoms with Crippen LogP contribution < -0.4 is 0 Å². The van der Waals surface area contributed by atoms with Crippen molar-refractivity contribution in [3.05, 3.63) is 47.5 Å². The van der Waals surface area contributed by atoms with E-state index in [0.717, 1.165) is 11.5 Å². The molecule has 0 N–H and O–H groups in total. The fourth-order valence-corrected chi connectivity index (χ4v) is 2.93. The Balaban J connectivity index is 1.87. The van der Waals surface area contributed by atoms with Gasteiger partial charge < -0.3 is 0 Å². The summed E-state index contributed by atoms with van der Waals surface area (Å²) in [6.07, 6.45) is 12.4. The van der Waals surface area contributed by atoms with E-state index in [1.165, 1.54) is 44.1 Å². The second-order valence-electron chi connectivity index (χ2n) is 5.56. The molecule has 1 heteroatoms. The lowest BCUT2D eigenvalue weighted by atomic mass is 9.78. The number of hydrogen-bond acceptors (Lipinski definition) is 1. The maximum absolute atomic E-state index is 8.82. The van der Waals surface area contributed by atoms with Gasteiger partial charge in [-0.3, -0.25) is 0 Å². The van der Waals surface area contributed by atoms with E-state index in [-0.39, 0.29) is 0 Å². The van der Waals surface area contributed by atoms with E-state index in [2.05, 4.69) is 37.3 Å². The first-order valence-electron chi connectivity index (χ1n) is 7.50. The standard InChI is InChI=1S/C18H23N/c1-2-3-4-5-15-6-10-17(11-7-15)18-12-8-16(14-19)9-13-18/h4-5,8-9,12-13,15,17H,2-3,6-7,10-11H2,1H3/t15-,17-. The summed E-state index contributed by atoms with van der Waals surface area (Å²) in [5.41, 5.74) is 2.18. The van der Waals surface area contributed by atoms with Gasteiger partial charge in [0.1, 0.15) is 0 Å². The molecule has 0 amide bonds. The third-order valence-corrected chi connectivity index (χ3v) is 4.15. The molecule has 1 nitrogen and oxygen atoms in total. The Morgan fingerprint density at radius 3 is 2.42 bits per heavy atom. The molecule has 100 valence electrons. The lowest BCUT2D eigenvalue weighted by Crippen LogP contribution is -2.11. The molecule has 1 aromatic rings. The molecule has 1 aliphatic carbocycles. The molecule has 0 atom stereocenters. The van der Waals surface area contributed by atoms with Crippen molar-refractivity contribution >= 4 is 0 Å². The van der Waals surface area contributed by atoms with Gasteiger partial charge >= 0.3 is 0 Å². The lowest BCUT2D eigenvalue weighted by molar-refractivity contribution is 0.375. The highest BCUT2D eigenvalue weighted by Crippen LogP contribution is 2.36. The van der Waals surface area contributed by atoms with Gasteiger partial charge in [-0.15, -0.1) is 0 Å². The van der Waals surface area contributed by atoms with Crippen molar-refractivity contribution in [1.82, 2.24) is 0 Å². The molecular weight excluding hydrogens is 230 g/mol. The van der Waals surface area contributed by atoms with Gasteiger partial charge in [0.15, 0.2) is 0 Å². The van der Waals surface area contributed by atoms with E-state index in [4.69, 9.17) is 5.26 Å². The topological polar surface area (TPSA) is 23.8 Å². The number of unbranched alkanes of at least 4 members (excludes halogenated alkanes) is 1. The van der Waals surface area contributed by atoms with Crippen LogP contribution in [0.4, 0.5) is 0 Å². The first-order chi connectivity index (χ1) is 9.33. The zero-order valence-electron chi connectivity index (χ0n) is 11.8. The molecule has 1 aromatic carbocycles. The van der Waals surface area contributed by atoms with Crippen molar-refractivity contribution < 1.29 is 0 Å². The molecule has 1 aliphatic rings. The highest BCUT2D eigenvalue weighted by Gasteiger charge is 2.20. The Morgan fingerprint density at radius 2 is 1.84 bits per heavy atom. The minimum absolute atomic E-state index is 0.698. The van der Waals surface area contributed by atoms with E-state index >= 15 is 0 Å². The van der Waals surface area contributed by atoms with Crippen molar-refractivity contribution in [2.24, 2.45) is 5.92 Å². The van der Waals surface area contributed by atoms with E-state index < -0.39 is 0 Å². The molecule has 0 radical (unpaired) electrons. The summed E-state index contributed by atoms with van der Waals surface area (Å²) in [6.45, 7) is 2.23. The average Bonchev–Trinajstić information content (AvgIpc) is 2.48. The molecule has 1 fully saturated rings. The van der Waals surface area contributed by atoms with Crippen molar-refractivity contribution in [2.75, 3.05) is 0 Å². The number of hydrogen-bond donors (Lipinski definition) is 0. The minimum atomic E-state index is 0.698. The van der Waals surface area contributed by atoms with Crippen molar-refractivity contribution in [3.63, 3.8) is 0 Å². The van der Waals surface area contributed by atoms with Crippen LogP contribution in [0.15, 0.2) is 36.4 Å². The highest BCUT2D eigenvalue weighted by molar-refractivity contribution is 5.33. The quantitative estimate of drug-likeness (QED) is 0.677. The smallest absolute Gasteiger partial charge is 0.0991 e. The summed E-state index contributed by atoms with van der Waals surface area (Å²) in [4.78, 5) is 0. The fraction of sp³-hybridized carbons (Fsp3) is 0.500. The number of allylic oxidation sites excluding steroid dienone is 2. The van der Waals surface area contributed by atoms with E-state index in [1.807, 2.05) is 12.1 Å². The lowest BCUT2D eigenvalue weighted by Gasteiger charge is -2.27. The summed E-state index contributed by atoms with van der Waals surface area (Å²) in [6, 6.07) is 10.3. The van der Waals surface area contributed by atoms with Gasteiger partial charge in [-0.1, -0.05) is 37.6 Å². The summed E-state index contributed by atoms with van der Waals surface area (Å²) < 4.78 is 0. The molecule has 0 aromatic heterocycles. The zero-order valence-corrected chi connectivity index (χ0v) is 11.8. The predicted octanol–water partition coefficient (Wildman–Crippen LogP) is 5.19. The van der Waals surface area contributed by atoms with Gasteiger partial charge in [0.25, 0.3) is 0 Å². The Labute approximate surface area is 117 Å². The van der Waals surface area contributed by atoms with Crippen LogP contribution in [0, 0.1) is 17.2 Å². The van der Waals surface area contributed by atoms with Crippen LogP contribution in [0.3, 0.4) is 0 Å². The van der Waals surface area contributed by atoms with E-state index in [0.29, 0.717) is 5.92 Å². The van der Waals surface area contributed by atoms with Crippen LogP contribution in [0.5, 0.6) is 0 Å². The molecule has 0 heterocycles. The molecular formula is C18H23N. The highest BCUT2D eigenvalue weighted by atomic mass is 14.3. The SMILES string of the molecule is CCCC=C[C@H]1CC[C@H](c2ccc(C#N)cc2)CC1. The summed E-state index contributed by atoms with van der Waals surface area (Å²) in [7, 11) is 0. The number of nitrogens with zero attached hydrogens (tertiary/aromatic N) is 1. The number of nitriles is 1. The summed E-state index contributed by atoms with van der Waals surface area (Å²) in [5, 5.41) is 8.82. The maximum Gasteiger partial charge on any atom is 0.0991 e. The third-order valence-electron chi connectivity index (χ3n) is 4.15. The van der Waals surface area contributed by atoms with Crippen molar-refractivity contribution in [2.45, 2.75) is 51.4 Å². The van der Waals surface area contributed by atoms with Gasteiger partial charge in [-0.2, -0.15) is 5.26 Å². The molecule has 0 aliphatic heterocycles. The van der Waals surface area contributed by atoms with Crippen LogP contribution in [-0.4, -0.2) is 0 Å². The van der Waals surface area contributed by atoms with E-state index in [1.54, 1.807) is 0 Å². The summed E-state index contributed by atoms with van der Waals surface area (Å²) in [5.74, 6) is 1.49. The van der Waals surface area contributed by atoms with Gasteiger partial charge in [0, 0.05) is 0 Å². The Kier molecular flexibility index (Phi) is 5.21. The second kappa shape index (κ2) is 7.14. The summed E-state index contributed by atoms with van der Waals surface area (Å²) >= 11 is 0. The normalized spacial score (nSPS) is 23.4. The predicted molar refractivity (Wildman–Crippen MR) is 79.9 cm³/mol. The van der Waals surface area contributed by atoms with Crippen LogP contribution in [0.25, 0.3) is 0 Å². The maximum atomic E-state index is 8.82. The average molecular weight is 253 g/mol. The third kappa shape index (κ3) is 3.96. The molecule has 1 saturated carbocycles. The van der Waals surface area contributed by atoms with Crippen molar-refractivity contribution in [3.8, 4) is 6.07 Å².